The fraction of sp³-hybridized carbons (Fsp3) is 0.409. The van der Waals surface area contributed by atoms with Gasteiger partial charge in [0.15, 0.2) is 11.4 Å². The first-order valence-corrected chi connectivity index (χ1v) is 20.3. The number of hydrogen-bond acceptors (Lipinski definition) is 10. The monoisotopic (exact) mass is 686 g/mol. The van der Waals surface area contributed by atoms with E-state index in [1.807, 2.05) is 0 Å². The van der Waals surface area contributed by atoms with E-state index in [0.29, 0.717) is 0 Å². The van der Waals surface area contributed by atoms with Crippen LogP contribution in [-0.4, -0.2) is 102 Å². The van der Waals surface area contributed by atoms with Crippen LogP contribution < -0.4 is 5.73 Å². The van der Waals surface area contributed by atoms with E-state index in [1.54, 1.807) is 0 Å². The summed E-state index contributed by atoms with van der Waals surface area (Å²) in [7, 11) is 17.8. The Morgan fingerprint density at radius 2 is 1.65 bits per heavy atom. The predicted octanol–water partition coefficient (Wildman–Crippen LogP) is 0.288. The quantitative estimate of drug-likeness (QED) is 0.167. The zero-order chi connectivity index (χ0) is 28.4. The topological polar surface area (TPSA) is 202 Å². The van der Waals surface area contributed by atoms with Crippen LogP contribution in [0.2, 0.25) is 0 Å². The number of halogens is 3. The van der Waals surface area contributed by atoms with Crippen LogP contribution >= 0.6 is 26.5 Å². The summed E-state index contributed by atoms with van der Waals surface area (Å²) in [5.74, 6) is -9.67. The average molecular weight is 689 g/mol. The van der Waals surface area contributed by atoms with Crippen molar-refractivity contribution in [3.05, 3.63) is 46.2 Å². The van der Waals surface area contributed by atoms with Gasteiger partial charge in [0, 0.05) is 0 Å². The van der Waals surface area contributed by atoms with Crippen LogP contribution in [0.15, 0.2) is 35.1 Å². The number of Topliss-reactive ketones (excluding diaryl/α,β-unsaturated/α-hetero) is 2. The van der Waals surface area contributed by atoms with E-state index < -0.39 is 97.9 Å². The van der Waals surface area contributed by atoms with Gasteiger partial charge in [0.1, 0.15) is 22.8 Å². The van der Waals surface area contributed by atoms with Gasteiger partial charge in [0.2, 0.25) is 5.78 Å². The Hall–Kier alpha value is -1.56. The van der Waals surface area contributed by atoms with Crippen LogP contribution in [0.5, 0.6) is 5.75 Å². The molecule has 0 heterocycles. The number of phenolic OH excluding ortho intramolecular Hbond substituents is 1. The third kappa shape index (κ3) is 4.43. The van der Waals surface area contributed by atoms with Crippen molar-refractivity contribution in [1.29, 1.82) is 0 Å². The SMILES string of the molecule is CN(C)[C@@H]1C(=O)C(C(N)=O)=C(O)[C@@]2(O)C(=O)C3=C(O)c4c(O)cccc4[C@@](C)(O)[C@H]3[C@H](O)[C@@H]12.[Cl][Sb]([Cl])[Cl]. The number of likely N-dealkylation sites (N-methyl/N-ethyl adjacent to an activating group) is 1. The molecule has 0 aromatic heterocycles. The summed E-state index contributed by atoms with van der Waals surface area (Å²) in [6, 6.07) is 2.50. The van der Waals surface area contributed by atoms with Crippen molar-refractivity contribution in [2.45, 2.75) is 30.3 Å². The molecule has 6 atom stereocenters. The maximum atomic E-state index is 13.7. The molecule has 8 N–H and O–H groups in total. The second-order valence-electron chi connectivity index (χ2n) is 9.25. The Kier molecular flexibility index (Phi) is 8.27. The van der Waals surface area contributed by atoms with Crippen LogP contribution in [-0.2, 0) is 20.0 Å². The number of carbonyl (C=O) groups is 3. The minimum absolute atomic E-state index is 0.00664. The molecule has 37 heavy (non-hydrogen) atoms. The van der Waals surface area contributed by atoms with E-state index in [4.69, 9.17) is 32.2 Å². The number of nitrogens with zero attached hydrogens (tertiary/aromatic N) is 1. The van der Waals surface area contributed by atoms with Crippen LogP contribution in [0.1, 0.15) is 18.1 Å². The summed E-state index contributed by atoms with van der Waals surface area (Å²) < 4.78 is 0. The number of amides is 1. The molecule has 0 bridgehead atoms. The van der Waals surface area contributed by atoms with Gasteiger partial charge in [-0.1, -0.05) is 12.1 Å². The molecule has 3 aliphatic rings. The van der Waals surface area contributed by atoms with Crippen LogP contribution in [0.25, 0.3) is 5.76 Å². The molecule has 0 spiro atoms. The fourth-order valence-electron chi connectivity index (χ4n) is 5.60. The van der Waals surface area contributed by atoms with Gasteiger partial charge in [-0.15, -0.1) is 0 Å². The first-order valence-electron chi connectivity index (χ1n) is 10.6. The first-order chi connectivity index (χ1) is 16.9. The number of carbonyl (C=O) groups excluding carboxylic acids is 3. The molecule has 1 aromatic carbocycles. The molecule has 11 nitrogen and oxygen atoms in total. The summed E-state index contributed by atoms with van der Waals surface area (Å²) in [6.07, 6.45) is -1.87. The number of aliphatic hydroxyl groups is 5. The van der Waals surface area contributed by atoms with Gasteiger partial charge in [-0.05, 0) is 32.6 Å². The van der Waals surface area contributed by atoms with Crippen molar-refractivity contribution in [3.63, 3.8) is 0 Å². The summed E-state index contributed by atoms with van der Waals surface area (Å²) in [6.45, 7) is 1.25. The zero-order valence-corrected chi connectivity index (χ0v) is 24.4. The van der Waals surface area contributed by atoms with Crippen LogP contribution in [0, 0.1) is 11.8 Å². The Balaban J connectivity index is 0.000000886. The van der Waals surface area contributed by atoms with Crippen molar-refractivity contribution in [3.8, 4) is 5.75 Å². The van der Waals surface area contributed by atoms with Crippen molar-refractivity contribution in [1.82, 2.24) is 4.90 Å². The molecule has 4 rings (SSSR count). The van der Waals surface area contributed by atoms with Crippen molar-refractivity contribution >= 4 is 66.5 Å². The van der Waals surface area contributed by atoms with Gasteiger partial charge < -0.3 is 36.4 Å². The molecule has 1 amide bonds. The number of rotatable bonds is 2. The summed E-state index contributed by atoms with van der Waals surface area (Å²) in [5.41, 5.74) is -1.78. The molecule has 0 radical (unpaired) electrons. The molecule has 0 saturated heterocycles. The average Bonchev–Trinajstić information content (AvgIpc) is 2.75. The van der Waals surface area contributed by atoms with E-state index in [9.17, 15) is 45.0 Å². The van der Waals surface area contributed by atoms with E-state index >= 15 is 0 Å². The number of phenols is 1. The molecule has 15 heteroatoms. The summed E-state index contributed by atoms with van der Waals surface area (Å²) in [5, 5.41) is 66.3. The Labute approximate surface area is 229 Å². The van der Waals surface area contributed by atoms with Crippen molar-refractivity contribution in [2.75, 3.05) is 14.1 Å². The van der Waals surface area contributed by atoms with Gasteiger partial charge in [-0.2, -0.15) is 0 Å². The molecule has 1 fully saturated rings. The number of benzene rings is 1. The van der Waals surface area contributed by atoms with E-state index in [-0.39, 0.29) is 11.1 Å². The predicted molar refractivity (Wildman–Crippen MR) is 135 cm³/mol. The number of nitrogens with two attached hydrogens (primary N) is 1. The Bertz CT molecular complexity index is 1250. The zero-order valence-electron chi connectivity index (χ0n) is 19.6. The molecular weight excluding hydrogens is 664 g/mol. The second kappa shape index (κ2) is 10.2. The van der Waals surface area contributed by atoms with Crippen molar-refractivity contribution < 1.29 is 45.0 Å². The van der Waals surface area contributed by atoms with E-state index in [1.165, 1.54) is 44.1 Å². The van der Waals surface area contributed by atoms with Crippen LogP contribution in [0.4, 0.5) is 0 Å². The third-order valence-corrected chi connectivity index (χ3v) is 7.03. The van der Waals surface area contributed by atoms with Gasteiger partial charge in [0.05, 0.1) is 40.7 Å². The van der Waals surface area contributed by atoms with Crippen LogP contribution in [0.3, 0.4) is 0 Å². The van der Waals surface area contributed by atoms with Gasteiger partial charge in [-0.25, -0.2) is 0 Å². The second-order valence-corrected chi connectivity index (χ2v) is 20.6. The molecule has 3 aliphatic carbocycles. The molecule has 0 unspecified atom stereocenters. The van der Waals surface area contributed by atoms with E-state index in [0.717, 1.165) is 0 Å². The number of fused-ring (bicyclic) bond motifs is 3. The molecular formula is C22H24Cl3N2O9Sb. The first kappa shape index (κ1) is 30.0. The number of ketones is 2. The standard InChI is InChI=1S/C22H24N2O9.3ClH.Sb/c1-21(32)7-5-4-6-8(25)9(7)15(26)10-12(21)17(28)13-14(24(2)3)16(27)11(20(23)31)19(30)22(13,33)18(10)29;;;;/h4-6,12-14,17,25-26,28,30,32-33H,1-3H3,(H2,23,31);3*1H;/q;;;;+3/p-3/t12-,13-,14+,17+,21-,22+;;;;/m1..../s1. The number of aliphatic hydroxyl groups excluding tert-OH is 3. The van der Waals surface area contributed by atoms with Gasteiger partial charge in [-0.3, -0.25) is 19.3 Å². The Morgan fingerprint density at radius 1 is 1.11 bits per heavy atom. The van der Waals surface area contributed by atoms with Gasteiger partial charge in [0.25, 0.3) is 5.91 Å². The Morgan fingerprint density at radius 3 is 2.14 bits per heavy atom. The summed E-state index contributed by atoms with van der Waals surface area (Å²) in [4.78, 5) is 39.9. The third-order valence-electron chi connectivity index (χ3n) is 7.03. The molecule has 1 aromatic rings. The summed E-state index contributed by atoms with van der Waals surface area (Å²) >= 11 is -2.03. The fourth-order valence-corrected chi connectivity index (χ4v) is 5.60. The number of aromatic hydroxyl groups is 1. The van der Waals surface area contributed by atoms with Crippen molar-refractivity contribution in [2.24, 2.45) is 17.6 Å². The van der Waals surface area contributed by atoms with E-state index in [2.05, 4.69) is 0 Å². The van der Waals surface area contributed by atoms with Gasteiger partial charge >= 0.3 is 43.3 Å². The number of primary amides is 1. The molecule has 202 valence electrons. The minimum atomic E-state index is -3.02. The number of hydrogen-bond donors (Lipinski definition) is 7. The maximum absolute atomic E-state index is 13.7. The molecule has 0 aliphatic heterocycles. The normalized spacial score (nSPS) is 33.1. The molecule has 1 saturated carbocycles.